The maximum Gasteiger partial charge on any atom is 0.369 e. The summed E-state index contributed by atoms with van der Waals surface area (Å²) in [5.41, 5.74) is 0. The van der Waals surface area contributed by atoms with E-state index >= 15 is 0 Å². The lowest BCUT2D eigenvalue weighted by molar-refractivity contribution is -0.267. The van der Waals surface area contributed by atoms with Crippen molar-refractivity contribution in [3.05, 3.63) is 36.4 Å². The van der Waals surface area contributed by atoms with Gasteiger partial charge in [-0.15, -0.1) is 0 Å². The summed E-state index contributed by atoms with van der Waals surface area (Å²) in [7, 11) is 0. The predicted molar refractivity (Wildman–Crippen MR) is 130 cm³/mol. The molecule has 2 aliphatic rings. The number of fused-ring (bicyclic) bond motifs is 2. The molecule has 0 spiro atoms. The first-order valence-electron chi connectivity index (χ1n) is 12.0. The van der Waals surface area contributed by atoms with Gasteiger partial charge in [-0.05, 0) is 38.1 Å². The van der Waals surface area contributed by atoms with Crippen LogP contribution in [0.15, 0.2) is 36.4 Å². The van der Waals surface area contributed by atoms with Crippen molar-refractivity contribution in [3.8, 4) is 34.5 Å². The second-order valence-corrected chi connectivity index (χ2v) is 7.93. The van der Waals surface area contributed by atoms with E-state index in [4.69, 9.17) is 47.7 Å². The van der Waals surface area contributed by atoms with Crippen LogP contribution < -0.4 is 28.4 Å². The van der Waals surface area contributed by atoms with E-state index in [1.165, 1.54) is 6.92 Å². The van der Waals surface area contributed by atoms with Gasteiger partial charge in [0.2, 0.25) is 11.5 Å². The molecule has 2 aliphatic heterocycles. The number of para-hydroxylation sites is 2. The molecule has 0 saturated carbocycles. The Balaban J connectivity index is 0.000000208. The van der Waals surface area contributed by atoms with Gasteiger partial charge in [0.1, 0.15) is 19.8 Å². The third-order valence-electron chi connectivity index (χ3n) is 4.86. The van der Waals surface area contributed by atoms with E-state index in [1.807, 2.05) is 13.8 Å². The maximum atomic E-state index is 10.7. The van der Waals surface area contributed by atoms with Gasteiger partial charge in [0, 0.05) is 20.8 Å². The van der Waals surface area contributed by atoms with Gasteiger partial charge >= 0.3 is 17.9 Å². The Morgan fingerprint density at radius 1 is 0.784 bits per heavy atom. The van der Waals surface area contributed by atoms with Gasteiger partial charge < -0.3 is 47.7 Å². The van der Waals surface area contributed by atoms with Crippen LogP contribution in [0.25, 0.3) is 0 Å². The molecule has 0 amide bonds. The van der Waals surface area contributed by atoms with Crippen molar-refractivity contribution in [1.82, 2.24) is 0 Å². The van der Waals surface area contributed by atoms with E-state index in [0.29, 0.717) is 47.7 Å². The molecule has 0 aliphatic carbocycles. The van der Waals surface area contributed by atoms with Crippen LogP contribution in [-0.4, -0.2) is 62.7 Å². The van der Waals surface area contributed by atoms with Crippen LogP contribution >= 0.6 is 0 Å². The van der Waals surface area contributed by atoms with Crippen molar-refractivity contribution in [2.24, 2.45) is 0 Å². The molecule has 0 aromatic heterocycles. The number of rotatable bonds is 11. The van der Waals surface area contributed by atoms with Crippen LogP contribution in [0.2, 0.25) is 0 Å². The Bertz CT molecular complexity index is 1040. The third kappa shape index (κ3) is 7.54. The number of carbonyl (C=O) groups excluding carboxylic acids is 1. The standard InChI is InChI=1S/C14H18O6.C12H16O5/c1-4-18-14(3)19-12-7-5-6-11(13(12)20-14)17-9-8-16-10(2)15;1-3-15-12(2)16-10-6-4-5-9(11(10)17-12)14-8-7-13/h5-7H,4,8-9H2,1-3H3;4-6,13H,3,7-8H2,1-2H3. The molecule has 0 saturated heterocycles. The molecule has 11 nitrogen and oxygen atoms in total. The number of esters is 1. The van der Waals surface area contributed by atoms with Gasteiger partial charge in [0.25, 0.3) is 0 Å². The molecular weight excluding hydrogens is 488 g/mol. The summed E-state index contributed by atoms with van der Waals surface area (Å²) < 4.78 is 48.9. The van der Waals surface area contributed by atoms with Gasteiger partial charge in [-0.1, -0.05) is 12.1 Å². The lowest BCUT2D eigenvalue weighted by Gasteiger charge is -2.21. The Hall–Kier alpha value is -3.41. The average Bonchev–Trinajstić information content (AvgIpc) is 3.37. The monoisotopic (exact) mass is 522 g/mol. The first-order chi connectivity index (χ1) is 17.7. The number of aliphatic hydroxyl groups excluding tert-OH is 1. The number of benzene rings is 2. The summed E-state index contributed by atoms with van der Waals surface area (Å²) in [5, 5.41) is 8.74. The second kappa shape index (κ2) is 12.7. The molecular formula is C26H34O11. The molecule has 2 aromatic carbocycles. The van der Waals surface area contributed by atoms with Gasteiger partial charge in [0.15, 0.2) is 23.0 Å². The van der Waals surface area contributed by atoms with E-state index < -0.39 is 11.9 Å². The molecule has 37 heavy (non-hydrogen) atoms. The summed E-state index contributed by atoms with van der Waals surface area (Å²) in [4.78, 5) is 10.7. The molecule has 11 heteroatoms. The number of carbonyl (C=O) groups is 1. The van der Waals surface area contributed by atoms with Crippen LogP contribution in [-0.2, 0) is 19.0 Å². The molecule has 4 rings (SSSR count). The third-order valence-corrected chi connectivity index (χ3v) is 4.86. The fraction of sp³-hybridized carbons (Fsp3) is 0.500. The molecule has 1 N–H and O–H groups in total. The average molecular weight is 523 g/mol. The van der Waals surface area contributed by atoms with Crippen LogP contribution in [0.1, 0.15) is 34.6 Å². The SMILES string of the molecule is CCOC1(C)Oc2cccc(OCCO)c2O1.CCOC1(C)Oc2cccc(OCCOC(C)=O)c2O1. The van der Waals surface area contributed by atoms with Crippen molar-refractivity contribution in [2.75, 3.05) is 39.6 Å². The van der Waals surface area contributed by atoms with Crippen molar-refractivity contribution in [3.63, 3.8) is 0 Å². The zero-order valence-corrected chi connectivity index (χ0v) is 21.7. The normalized spacial score (nSPS) is 20.6. The Morgan fingerprint density at radius 2 is 1.27 bits per heavy atom. The zero-order chi connectivity index (χ0) is 26.9. The van der Waals surface area contributed by atoms with E-state index in [-0.39, 0.29) is 32.4 Å². The largest absolute Gasteiger partial charge is 0.487 e. The minimum Gasteiger partial charge on any atom is -0.487 e. The second-order valence-electron chi connectivity index (χ2n) is 7.93. The van der Waals surface area contributed by atoms with Crippen LogP contribution in [0.4, 0.5) is 0 Å². The van der Waals surface area contributed by atoms with Gasteiger partial charge in [0.05, 0.1) is 19.8 Å². The van der Waals surface area contributed by atoms with E-state index in [9.17, 15) is 4.79 Å². The van der Waals surface area contributed by atoms with Crippen LogP contribution in [0, 0.1) is 0 Å². The summed E-state index contributed by atoms with van der Waals surface area (Å²) in [6, 6.07) is 10.7. The number of hydrogen-bond donors (Lipinski definition) is 1. The van der Waals surface area contributed by atoms with Crippen LogP contribution in [0.5, 0.6) is 34.5 Å². The zero-order valence-electron chi connectivity index (χ0n) is 21.7. The highest BCUT2D eigenvalue weighted by atomic mass is 16.9. The molecule has 0 radical (unpaired) electrons. The smallest absolute Gasteiger partial charge is 0.369 e. The van der Waals surface area contributed by atoms with E-state index in [1.54, 1.807) is 50.2 Å². The van der Waals surface area contributed by atoms with Crippen LogP contribution in [0.3, 0.4) is 0 Å². The molecule has 2 unspecified atom stereocenters. The molecule has 204 valence electrons. The lowest BCUT2D eigenvalue weighted by Crippen LogP contribution is -2.38. The van der Waals surface area contributed by atoms with Crippen molar-refractivity contribution >= 4 is 5.97 Å². The highest BCUT2D eigenvalue weighted by Gasteiger charge is 2.40. The fourth-order valence-electron chi connectivity index (χ4n) is 3.53. The topological polar surface area (TPSA) is 120 Å². The predicted octanol–water partition coefficient (Wildman–Crippen LogP) is 3.65. The molecule has 0 fully saturated rings. The molecule has 2 atom stereocenters. The maximum absolute atomic E-state index is 10.7. The van der Waals surface area contributed by atoms with Crippen molar-refractivity contribution in [1.29, 1.82) is 0 Å². The van der Waals surface area contributed by atoms with Crippen molar-refractivity contribution in [2.45, 2.75) is 46.6 Å². The molecule has 2 aromatic rings. The Kier molecular flexibility index (Phi) is 9.67. The minimum absolute atomic E-state index is 0.0484. The quantitative estimate of drug-likeness (QED) is 0.344. The Morgan fingerprint density at radius 3 is 1.70 bits per heavy atom. The highest BCUT2D eigenvalue weighted by molar-refractivity contribution is 5.65. The number of ether oxygens (including phenoxy) is 9. The van der Waals surface area contributed by atoms with E-state index in [0.717, 1.165) is 0 Å². The van der Waals surface area contributed by atoms with Crippen molar-refractivity contribution < 1.29 is 52.5 Å². The summed E-state index contributed by atoms with van der Waals surface area (Å²) >= 11 is 0. The highest BCUT2D eigenvalue weighted by Crippen LogP contribution is 2.47. The summed E-state index contributed by atoms with van der Waals surface area (Å²) in [5.74, 6) is 0.640. The van der Waals surface area contributed by atoms with E-state index in [2.05, 4.69) is 0 Å². The number of aliphatic hydroxyl groups is 1. The molecule has 2 heterocycles. The minimum atomic E-state index is -1.13. The van der Waals surface area contributed by atoms with Gasteiger partial charge in [-0.3, -0.25) is 4.79 Å². The lowest BCUT2D eigenvalue weighted by atomic mass is 10.3. The fourth-order valence-corrected chi connectivity index (χ4v) is 3.53. The molecule has 0 bridgehead atoms. The Labute approximate surface area is 216 Å². The van der Waals surface area contributed by atoms with Gasteiger partial charge in [-0.2, -0.15) is 0 Å². The first kappa shape index (κ1) is 28.2. The summed E-state index contributed by atoms with van der Waals surface area (Å²) in [6.45, 7) is 10.0. The number of hydrogen-bond acceptors (Lipinski definition) is 11. The van der Waals surface area contributed by atoms with Gasteiger partial charge in [-0.25, -0.2) is 0 Å². The first-order valence-corrected chi connectivity index (χ1v) is 12.0. The summed E-state index contributed by atoms with van der Waals surface area (Å²) in [6.07, 6.45) is 0.